The van der Waals surface area contributed by atoms with Crippen LogP contribution in [0, 0.1) is 6.92 Å². The van der Waals surface area contributed by atoms with Crippen LogP contribution in [0.5, 0.6) is 0 Å². The summed E-state index contributed by atoms with van der Waals surface area (Å²) in [6.07, 6.45) is 3.67. The first-order valence-corrected chi connectivity index (χ1v) is 7.46. The molecule has 110 valence electrons. The average molecular weight is 304 g/mol. The maximum Gasteiger partial charge on any atom is 0.225 e. The number of hydrogen-bond donors (Lipinski definition) is 0. The lowest BCUT2D eigenvalue weighted by Crippen LogP contribution is -2.46. The molecule has 0 amide bonds. The summed E-state index contributed by atoms with van der Waals surface area (Å²) in [6.45, 7) is 6.80. The third-order valence-corrected chi connectivity index (χ3v) is 3.86. The van der Waals surface area contributed by atoms with Crippen LogP contribution >= 0.6 is 11.6 Å². The van der Waals surface area contributed by atoms with Crippen molar-refractivity contribution in [3.63, 3.8) is 0 Å². The summed E-state index contributed by atoms with van der Waals surface area (Å²) < 4.78 is 0. The molecule has 0 aromatic carbocycles. The number of nitrogens with zero attached hydrogens (tertiary/aromatic N) is 5. The van der Waals surface area contributed by atoms with E-state index in [1.807, 2.05) is 37.5 Å². The second kappa shape index (κ2) is 6.37. The second-order valence-corrected chi connectivity index (χ2v) is 5.64. The topological polar surface area (TPSA) is 45.2 Å². The van der Waals surface area contributed by atoms with E-state index in [9.17, 15) is 0 Å². The molecule has 1 aliphatic rings. The van der Waals surface area contributed by atoms with E-state index in [0.717, 1.165) is 44.4 Å². The third-order valence-electron chi connectivity index (χ3n) is 3.63. The zero-order valence-electron chi connectivity index (χ0n) is 12.0. The largest absolute Gasteiger partial charge is 0.338 e. The highest BCUT2D eigenvalue weighted by Gasteiger charge is 2.19. The van der Waals surface area contributed by atoms with Gasteiger partial charge in [-0.15, -0.1) is 0 Å². The van der Waals surface area contributed by atoms with Gasteiger partial charge in [-0.2, -0.15) is 0 Å². The lowest BCUT2D eigenvalue weighted by Gasteiger charge is -2.34. The summed E-state index contributed by atoms with van der Waals surface area (Å²) >= 11 is 5.81. The van der Waals surface area contributed by atoms with Gasteiger partial charge in [0, 0.05) is 50.8 Å². The molecular weight excluding hydrogens is 286 g/mol. The molecule has 1 fully saturated rings. The van der Waals surface area contributed by atoms with Crippen molar-refractivity contribution in [1.82, 2.24) is 19.9 Å². The zero-order chi connectivity index (χ0) is 14.7. The first kappa shape index (κ1) is 14.2. The van der Waals surface area contributed by atoms with Gasteiger partial charge in [0.2, 0.25) is 5.95 Å². The molecule has 0 radical (unpaired) electrons. The van der Waals surface area contributed by atoms with E-state index in [1.165, 1.54) is 5.56 Å². The molecule has 0 N–H and O–H groups in total. The number of anilines is 1. The molecule has 2 aromatic heterocycles. The zero-order valence-corrected chi connectivity index (χ0v) is 12.8. The monoisotopic (exact) mass is 303 g/mol. The lowest BCUT2D eigenvalue weighted by molar-refractivity contribution is 0.248. The predicted molar refractivity (Wildman–Crippen MR) is 83.5 cm³/mol. The number of hydrogen-bond acceptors (Lipinski definition) is 5. The van der Waals surface area contributed by atoms with Gasteiger partial charge in [0.15, 0.2) is 0 Å². The molecule has 21 heavy (non-hydrogen) atoms. The number of aromatic nitrogens is 3. The minimum Gasteiger partial charge on any atom is -0.338 e. The van der Waals surface area contributed by atoms with Crippen molar-refractivity contribution in [3.05, 3.63) is 47.0 Å². The van der Waals surface area contributed by atoms with Crippen molar-refractivity contribution in [2.24, 2.45) is 0 Å². The average Bonchev–Trinajstić information content (AvgIpc) is 2.50. The van der Waals surface area contributed by atoms with Crippen molar-refractivity contribution >= 4 is 17.5 Å². The highest BCUT2D eigenvalue weighted by molar-refractivity contribution is 6.29. The van der Waals surface area contributed by atoms with Gasteiger partial charge in [-0.1, -0.05) is 17.7 Å². The Morgan fingerprint density at radius 1 is 1.10 bits per heavy atom. The van der Waals surface area contributed by atoms with E-state index >= 15 is 0 Å². The van der Waals surface area contributed by atoms with Gasteiger partial charge in [0.1, 0.15) is 5.15 Å². The van der Waals surface area contributed by atoms with Crippen molar-refractivity contribution < 1.29 is 0 Å². The van der Waals surface area contributed by atoms with Gasteiger partial charge in [0.25, 0.3) is 0 Å². The minimum atomic E-state index is 0.542. The number of rotatable bonds is 3. The third kappa shape index (κ3) is 3.68. The van der Waals surface area contributed by atoms with Crippen LogP contribution in [0.2, 0.25) is 5.15 Å². The number of aryl methyl sites for hydroxylation is 1. The minimum absolute atomic E-state index is 0.542. The van der Waals surface area contributed by atoms with E-state index in [2.05, 4.69) is 24.8 Å². The van der Waals surface area contributed by atoms with Crippen LogP contribution in [0.15, 0.2) is 30.6 Å². The molecule has 1 saturated heterocycles. The number of halogens is 1. The Morgan fingerprint density at radius 3 is 2.57 bits per heavy atom. The summed E-state index contributed by atoms with van der Waals surface area (Å²) in [5.74, 6) is 0.836. The Balaban J connectivity index is 1.56. The van der Waals surface area contributed by atoms with Crippen molar-refractivity contribution in [2.45, 2.75) is 13.5 Å². The fourth-order valence-corrected chi connectivity index (χ4v) is 2.56. The Bertz CT molecular complexity index is 593. The van der Waals surface area contributed by atoms with Crippen LogP contribution in [0.3, 0.4) is 0 Å². The molecule has 5 nitrogen and oxygen atoms in total. The van der Waals surface area contributed by atoms with Crippen LogP contribution in [0.4, 0.5) is 5.95 Å². The first-order chi connectivity index (χ1) is 10.2. The lowest BCUT2D eigenvalue weighted by atomic mass is 10.2. The Morgan fingerprint density at radius 2 is 1.90 bits per heavy atom. The van der Waals surface area contributed by atoms with E-state index in [0.29, 0.717) is 5.15 Å². The summed E-state index contributed by atoms with van der Waals surface area (Å²) in [6, 6.07) is 5.80. The fourth-order valence-electron chi connectivity index (χ4n) is 2.45. The smallest absolute Gasteiger partial charge is 0.225 e. The molecule has 0 saturated carbocycles. The van der Waals surface area contributed by atoms with Crippen LogP contribution in [0.1, 0.15) is 11.3 Å². The van der Waals surface area contributed by atoms with Crippen molar-refractivity contribution in [2.75, 3.05) is 31.1 Å². The van der Waals surface area contributed by atoms with Crippen LogP contribution in [-0.2, 0) is 6.54 Å². The van der Waals surface area contributed by atoms with Gasteiger partial charge < -0.3 is 4.90 Å². The highest BCUT2D eigenvalue weighted by atomic mass is 35.5. The molecular formula is C15H18ClN5. The molecule has 0 spiro atoms. The molecule has 0 aliphatic carbocycles. The molecule has 1 aliphatic heterocycles. The molecule has 2 aromatic rings. The molecule has 0 atom stereocenters. The van der Waals surface area contributed by atoms with Crippen molar-refractivity contribution in [3.8, 4) is 0 Å². The summed E-state index contributed by atoms with van der Waals surface area (Å²) in [7, 11) is 0. The SMILES string of the molecule is Cc1ccnc(N2CCN(Cc3ccc(Cl)nc3)CC2)n1. The molecule has 3 rings (SSSR count). The van der Waals surface area contributed by atoms with Gasteiger partial charge in [-0.05, 0) is 24.6 Å². The van der Waals surface area contributed by atoms with Crippen LogP contribution < -0.4 is 4.90 Å². The standard InChI is InChI=1S/C15H18ClN5/c1-12-4-5-17-15(19-12)21-8-6-20(7-9-21)11-13-2-3-14(16)18-10-13/h2-5,10H,6-9,11H2,1H3. The summed E-state index contributed by atoms with van der Waals surface area (Å²) in [5.41, 5.74) is 2.20. The normalized spacial score (nSPS) is 16.2. The van der Waals surface area contributed by atoms with E-state index in [4.69, 9.17) is 11.6 Å². The predicted octanol–water partition coefficient (Wildman–Crippen LogP) is 2.16. The molecule has 0 bridgehead atoms. The van der Waals surface area contributed by atoms with Gasteiger partial charge in [-0.25, -0.2) is 15.0 Å². The van der Waals surface area contributed by atoms with E-state index in [-0.39, 0.29) is 0 Å². The number of piperazine rings is 1. The number of pyridine rings is 1. The van der Waals surface area contributed by atoms with Gasteiger partial charge >= 0.3 is 0 Å². The second-order valence-electron chi connectivity index (χ2n) is 5.25. The van der Waals surface area contributed by atoms with E-state index < -0.39 is 0 Å². The molecule has 6 heteroatoms. The summed E-state index contributed by atoms with van der Waals surface area (Å²) in [5, 5.41) is 0.542. The fraction of sp³-hybridized carbons (Fsp3) is 0.400. The van der Waals surface area contributed by atoms with Crippen molar-refractivity contribution in [1.29, 1.82) is 0 Å². The molecule has 3 heterocycles. The first-order valence-electron chi connectivity index (χ1n) is 7.08. The maximum atomic E-state index is 5.81. The quantitative estimate of drug-likeness (QED) is 0.813. The summed E-state index contributed by atoms with van der Waals surface area (Å²) in [4.78, 5) is 17.6. The van der Waals surface area contributed by atoms with E-state index in [1.54, 1.807) is 0 Å². The van der Waals surface area contributed by atoms with Crippen LogP contribution in [0.25, 0.3) is 0 Å². The van der Waals surface area contributed by atoms with Crippen LogP contribution in [-0.4, -0.2) is 46.0 Å². The van der Waals surface area contributed by atoms with Gasteiger partial charge in [-0.3, -0.25) is 4.90 Å². The molecule has 0 unspecified atom stereocenters. The maximum absolute atomic E-state index is 5.81. The Kier molecular flexibility index (Phi) is 4.31. The van der Waals surface area contributed by atoms with Gasteiger partial charge in [0.05, 0.1) is 0 Å². The Hall–Kier alpha value is -1.72. The Labute approximate surface area is 129 Å². The highest BCUT2D eigenvalue weighted by Crippen LogP contribution is 2.13.